The lowest BCUT2D eigenvalue weighted by Gasteiger charge is -2.14. The molecular formula is C16H7ClF5NOS. The first-order valence-electron chi connectivity index (χ1n) is 6.77. The molecule has 0 radical (unpaired) electrons. The third-order valence-electron chi connectivity index (χ3n) is 3.44. The molecule has 0 unspecified atom stereocenters. The number of hydrogen-bond acceptors (Lipinski definition) is 3. The summed E-state index contributed by atoms with van der Waals surface area (Å²) < 4.78 is 73.0. The molecule has 9 heteroatoms. The van der Waals surface area contributed by atoms with Crippen LogP contribution in [0.4, 0.5) is 22.0 Å². The molecule has 0 saturated carbocycles. The molecule has 0 aliphatic carbocycles. The minimum absolute atomic E-state index is 0.0162. The molecule has 0 fully saturated rings. The zero-order valence-corrected chi connectivity index (χ0v) is 13.6. The summed E-state index contributed by atoms with van der Waals surface area (Å²) in [6.45, 7) is 0. The van der Waals surface area contributed by atoms with Crippen molar-refractivity contribution < 1.29 is 26.7 Å². The highest BCUT2D eigenvalue weighted by Crippen LogP contribution is 2.59. The Kier molecular flexibility index (Phi) is 4.56. The van der Waals surface area contributed by atoms with Crippen LogP contribution < -0.4 is 4.74 Å². The fourth-order valence-corrected chi connectivity index (χ4v) is 3.71. The van der Waals surface area contributed by atoms with Crippen LogP contribution in [0.2, 0.25) is 5.02 Å². The molecule has 2 nitrogen and oxygen atoms in total. The third-order valence-corrected chi connectivity index (χ3v) is 4.80. The van der Waals surface area contributed by atoms with Crippen LogP contribution in [0, 0.1) is 11.3 Å². The minimum Gasteiger partial charge on any atom is -0.457 e. The lowest BCUT2D eigenvalue weighted by Crippen LogP contribution is -2.11. The largest absolute Gasteiger partial charge is 0.457 e. The molecule has 1 aliphatic rings. The number of thioether (sulfide) groups is 1. The van der Waals surface area contributed by atoms with Crippen LogP contribution in [0.15, 0.2) is 35.2 Å². The maximum absolute atomic E-state index is 13.7. The molecule has 0 bridgehead atoms. The molecule has 1 atom stereocenters. The van der Waals surface area contributed by atoms with E-state index >= 15 is 0 Å². The van der Waals surface area contributed by atoms with Gasteiger partial charge in [-0.25, -0.2) is 13.2 Å². The van der Waals surface area contributed by atoms with Gasteiger partial charge in [-0.3, -0.25) is 0 Å². The first-order chi connectivity index (χ1) is 11.7. The van der Waals surface area contributed by atoms with Crippen LogP contribution in [0.5, 0.6) is 11.5 Å². The fraction of sp³-hybridized carbons (Fsp3) is 0.188. The van der Waals surface area contributed by atoms with Gasteiger partial charge in [0.25, 0.3) is 6.43 Å². The van der Waals surface area contributed by atoms with E-state index in [1.165, 1.54) is 18.2 Å². The number of rotatable bonds is 3. The standard InChI is InChI=1S/C16H7ClF5NOS/c17-8-3-7(6-23)4-9(5-8)24-11-2-1-10-13(12(11)15(19)20)25-16(21,22)14(10)18/h1-5,14-15H/t14-/m1/s1. The average Bonchev–Trinajstić information content (AvgIpc) is 2.75. The van der Waals surface area contributed by atoms with Crippen molar-refractivity contribution in [2.45, 2.75) is 22.7 Å². The Labute approximate surface area is 148 Å². The van der Waals surface area contributed by atoms with E-state index in [-0.39, 0.29) is 28.1 Å². The van der Waals surface area contributed by atoms with Crippen LogP contribution in [0.3, 0.4) is 0 Å². The second-order valence-corrected chi connectivity index (χ2v) is 6.71. The van der Waals surface area contributed by atoms with Crippen molar-refractivity contribution in [1.29, 1.82) is 5.26 Å². The van der Waals surface area contributed by atoms with Crippen LogP contribution in [-0.2, 0) is 0 Å². The van der Waals surface area contributed by atoms with Crippen molar-refractivity contribution in [2.75, 3.05) is 0 Å². The summed E-state index contributed by atoms with van der Waals surface area (Å²) in [7, 11) is 0. The Bertz CT molecular complexity index is 884. The van der Waals surface area contributed by atoms with Crippen molar-refractivity contribution in [3.63, 3.8) is 0 Å². The molecule has 0 aromatic heterocycles. The highest BCUT2D eigenvalue weighted by atomic mass is 35.5. The van der Waals surface area contributed by atoms with Gasteiger partial charge in [0.15, 0.2) is 6.17 Å². The number of hydrogen-bond donors (Lipinski definition) is 0. The first-order valence-corrected chi connectivity index (χ1v) is 7.96. The normalized spacial score (nSPS) is 18.1. The number of ether oxygens (including phenoxy) is 1. The van der Waals surface area contributed by atoms with E-state index in [0.29, 0.717) is 0 Å². The number of nitrogens with zero attached hydrogens (tertiary/aromatic N) is 1. The number of fused-ring (bicyclic) bond motifs is 1. The molecule has 1 aliphatic heterocycles. The van der Waals surface area contributed by atoms with E-state index in [1.807, 2.05) is 6.07 Å². The number of benzene rings is 2. The van der Waals surface area contributed by atoms with Crippen molar-refractivity contribution in [3.8, 4) is 17.6 Å². The van der Waals surface area contributed by atoms with Crippen LogP contribution in [0.1, 0.15) is 29.3 Å². The van der Waals surface area contributed by atoms with E-state index in [4.69, 9.17) is 21.6 Å². The van der Waals surface area contributed by atoms with Gasteiger partial charge in [-0.1, -0.05) is 17.7 Å². The second-order valence-electron chi connectivity index (χ2n) is 5.11. The van der Waals surface area contributed by atoms with Crippen LogP contribution in [-0.4, -0.2) is 5.25 Å². The summed E-state index contributed by atoms with van der Waals surface area (Å²) in [5, 5.41) is 5.21. The van der Waals surface area contributed by atoms with Crippen molar-refractivity contribution in [1.82, 2.24) is 0 Å². The van der Waals surface area contributed by atoms with E-state index in [1.54, 1.807) is 0 Å². The van der Waals surface area contributed by atoms with Gasteiger partial charge in [-0.2, -0.15) is 14.0 Å². The van der Waals surface area contributed by atoms with E-state index in [0.717, 1.165) is 12.1 Å². The molecule has 0 saturated heterocycles. The molecule has 2 aromatic carbocycles. The minimum atomic E-state index is -3.82. The predicted molar refractivity (Wildman–Crippen MR) is 82.3 cm³/mol. The topological polar surface area (TPSA) is 33.0 Å². The zero-order chi connectivity index (χ0) is 18.4. The molecule has 0 spiro atoms. The van der Waals surface area contributed by atoms with Gasteiger partial charge in [0, 0.05) is 15.5 Å². The van der Waals surface area contributed by atoms with Gasteiger partial charge in [0.05, 0.1) is 17.2 Å². The summed E-state index contributed by atoms with van der Waals surface area (Å²) >= 11 is 5.56. The summed E-state index contributed by atoms with van der Waals surface area (Å²) in [5.74, 6) is -0.422. The monoisotopic (exact) mass is 391 g/mol. The van der Waals surface area contributed by atoms with Crippen molar-refractivity contribution in [3.05, 3.63) is 52.0 Å². The molecule has 0 N–H and O–H groups in total. The van der Waals surface area contributed by atoms with Crippen molar-refractivity contribution in [2.24, 2.45) is 0 Å². The Hall–Kier alpha value is -1.98. The molecule has 0 amide bonds. The van der Waals surface area contributed by atoms with Gasteiger partial charge in [-0.15, -0.1) is 0 Å². The maximum Gasteiger partial charge on any atom is 0.333 e. The highest BCUT2D eigenvalue weighted by molar-refractivity contribution is 8.00. The van der Waals surface area contributed by atoms with E-state index in [9.17, 15) is 22.0 Å². The number of alkyl halides is 5. The second kappa shape index (κ2) is 6.39. The molecule has 130 valence electrons. The molecular weight excluding hydrogens is 385 g/mol. The predicted octanol–water partition coefficient (Wildman–Crippen LogP) is 6.65. The van der Waals surface area contributed by atoms with Crippen molar-refractivity contribution >= 4 is 23.4 Å². The third kappa shape index (κ3) is 3.26. The molecule has 3 rings (SSSR count). The van der Waals surface area contributed by atoms with E-state index in [2.05, 4.69) is 0 Å². The Morgan fingerprint density at radius 3 is 2.60 bits per heavy atom. The van der Waals surface area contributed by atoms with Gasteiger partial charge in [0.2, 0.25) is 0 Å². The summed E-state index contributed by atoms with van der Waals surface area (Å²) in [4.78, 5) is -0.535. The molecule has 25 heavy (non-hydrogen) atoms. The smallest absolute Gasteiger partial charge is 0.333 e. The summed E-state index contributed by atoms with van der Waals surface area (Å²) in [5.41, 5.74) is -1.19. The summed E-state index contributed by atoms with van der Waals surface area (Å²) in [6.07, 6.45) is -5.83. The Morgan fingerprint density at radius 1 is 1.24 bits per heavy atom. The SMILES string of the molecule is N#Cc1cc(Cl)cc(Oc2ccc3c(c2C(F)F)SC(F)(F)[C@@H]3F)c1. The summed E-state index contributed by atoms with van der Waals surface area (Å²) in [6, 6.07) is 7.70. The van der Waals surface area contributed by atoms with Gasteiger partial charge < -0.3 is 4.74 Å². The quantitative estimate of drug-likeness (QED) is 0.549. The fourth-order valence-electron chi connectivity index (χ4n) is 2.39. The lowest BCUT2D eigenvalue weighted by molar-refractivity contribution is 0.0187. The Balaban J connectivity index is 2.07. The van der Waals surface area contributed by atoms with E-state index < -0.39 is 39.6 Å². The Morgan fingerprint density at radius 2 is 1.96 bits per heavy atom. The van der Waals surface area contributed by atoms with Crippen LogP contribution >= 0.6 is 23.4 Å². The number of halogens is 6. The molecule has 2 aromatic rings. The highest BCUT2D eigenvalue weighted by Gasteiger charge is 2.51. The number of nitriles is 1. The lowest BCUT2D eigenvalue weighted by atomic mass is 10.1. The zero-order valence-electron chi connectivity index (χ0n) is 12.1. The maximum atomic E-state index is 13.7. The molecule has 1 heterocycles. The van der Waals surface area contributed by atoms with Gasteiger partial charge in [0.1, 0.15) is 11.5 Å². The average molecular weight is 392 g/mol. The van der Waals surface area contributed by atoms with Gasteiger partial charge >= 0.3 is 5.25 Å². The first kappa shape index (κ1) is 17.8. The van der Waals surface area contributed by atoms with Crippen LogP contribution in [0.25, 0.3) is 0 Å². The van der Waals surface area contributed by atoms with Gasteiger partial charge in [-0.05, 0) is 36.0 Å².